The molecule has 25 heavy (non-hydrogen) atoms. The third kappa shape index (κ3) is 2.97. The van der Waals surface area contributed by atoms with E-state index in [2.05, 4.69) is 28.6 Å². The molecule has 0 radical (unpaired) electrons. The summed E-state index contributed by atoms with van der Waals surface area (Å²) < 4.78 is 20.2. The van der Waals surface area contributed by atoms with Crippen molar-refractivity contribution in [1.82, 2.24) is 4.98 Å². The minimum Gasteiger partial charge on any atom is -0.366 e. The van der Waals surface area contributed by atoms with Crippen LogP contribution in [0.1, 0.15) is 39.0 Å². The van der Waals surface area contributed by atoms with E-state index in [-0.39, 0.29) is 5.60 Å². The number of hydrogen-bond acceptors (Lipinski definition) is 4. The summed E-state index contributed by atoms with van der Waals surface area (Å²) in [5.74, 6) is 0. The predicted molar refractivity (Wildman–Crippen MR) is 102 cm³/mol. The second-order valence-electron chi connectivity index (χ2n) is 7.23. The van der Waals surface area contributed by atoms with Crippen LogP contribution in [-0.2, 0) is 4.74 Å². The van der Waals surface area contributed by atoms with Crippen molar-refractivity contribution in [1.29, 1.82) is 0 Å². The van der Waals surface area contributed by atoms with Gasteiger partial charge >= 0.3 is 0 Å². The van der Waals surface area contributed by atoms with E-state index in [1.54, 1.807) is 11.3 Å². The standard InChI is InChI=1S/C20H25FN2OS/c1-14(12-21)18-15(2)22-19(25-18)23-10-5-8-20(9-11-23)17-7-4-3-6-16(17)13-24-20/h6-7H,2-5,8-13H2,1H3/b18-14-. The van der Waals surface area contributed by atoms with E-state index in [0.29, 0.717) is 5.35 Å². The smallest absolute Gasteiger partial charge is 0.186 e. The SMILES string of the molecule is C=c1nc(N2CCCC3(CC2)OCC2=CCCC=C23)s/c1=C(/C)CF. The summed E-state index contributed by atoms with van der Waals surface area (Å²) >= 11 is 1.57. The van der Waals surface area contributed by atoms with Gasteiger partial charge in [0.25, 0.3) is 0 Å². The van der Waals surface area contributed by atoms with Crippen LogP contribution in [-0.4, -0.2) is 37.0 Å². The third-order valence-electron chi connectivity index (χ3n) is 5.59. The topological polar surface area (TPSA) is 25.4 Å². The predicted octanol–water partition coefficient (Wildman–Crippen LogP) is 3.10. The molecule has 1 aromatic rings. The molecule has 0 aromatic carbocycles. The Bertz CT molecular complexity index is 840. The summed E-state index contributed by atoms with van der Waals surface area (Å²) in [4.78, 5) is 6.95. The van der Waals surface area contributed by atoms with Gasteiger partial charge in [-0.05, 0) is 55.7 Å². The van der Waals surface area contributed by atoms with Gasteiger partial charge in [-0.2, -0.15) is 0 Å². The molecule has 0 bridgehead atoms. The molecular weight excluding hydrogens is 335 g/mol. The molecule has 3 aliphatic rings. The van der Waals surface area contributed by atoms with Crippen LogP contribution in [0.15, 0.2) is 23.3 Å². The highest BCUT2D eigenvalue weighted by Gasteiger charge is 2.43. The highest BCUT2D eigenvalue weighted by Crippen LogP contribution is 2.45. The largest absolute Gasteiger partial charge is 0.366 e. The number of ether oxygens (including phenoxy) is 1. The average molecular weight is 360 g/mol. The first-order valence-corrected chi connectivity index (χ1v) is 9.95. The van der Waals surface area contributed by atoms with E-state index in [9.17, 15) is 4.39 Å². The van der Waals surface area contributed by atoms with Gasteiger partial charge in [0.2, 0.25) is 0 Å². The van der Waals surface area contributed by atoms with E-state index in [4.69, 9.17) is 4.74 Å². The fraction of sp³-hybridized carbons (Fsp3) is 0.550. The monoisotopic (exact) mass is 360 g/mol. The molecule has 2 aliphatic heterocycles. The molecule has 5 heteroatoms. The number of halogens is 1. The first kappa shape index (κ1) is 17.0. The van der Waals surface area contributed by atoms with E-state index < -0.39 is 6.67 Å². The van der Waals surface area contributed by atoms with Crippen molar-refractivity contribution >= 4 is 28.6 Å². The van der Waals surface area contributed by atoms with Crippen LogP contribution in [0, 0.1) is 0 Å². The molecule has 1 spiro atoms. The Labute approximate surface area is 152 Å². The summed E-state index contributed by atoms with van der Waals surface area (Å²) in [5.41, 5.74) is 3.47. The second kappa shape index (κ2) is 6.69. The van der Waals surface area contributed by atoms with Gasteiger partial charge in [0.05, 0.1) is 22.1 Å². The second-order valence-corrected chi connectivity index (χ2v) is 8.21. The van der Waals surface area contributed by atoms with E-state index in [1.807, 2.05) is 6.92 Å². The van der Waals surface area contributed by atoms with Gasteiger partial charge in [-0.15, -0.1) is 0 Å². The Hall–Kier alpha value is -1.46. The molecule has 2 fully saturated rings. The first-order chi connectivity index (χ1) is 12.1. The normalized spacial score (nSPS) is 27.7. The molecular formula is C20H25FN2OS. The molecule has 1 aliphatic carbocycles. The van der Waals surface area contributed by atoms with Crippen molar-refractivity contribution < 1.29 is 9.13 Å². The number of thiazole rings is 1. The Kier molecular flexibility index (Phi) is 4.54. The Morgan fingerprint density at radius 2 is 2.20 bits per heavy atom. The van der Waals surface area contributed by atoms with Crippen LogP contribution >= 0.6 is 11.3 Å². The Morgan fingerprint density at radius 1 is 1.36 bits per heavy atom. The van der Waals surface area contributed by atoms with Crippen molar-refractivity contribution in [3.05, 3.63) is 33.2 Å². The molecule has 0 N–H and O–H groups in total. The molecule has 0 amide bonds. The lowest BCUT2D eigenvalue weighted by molar-refractivity contribution is 0.0177. The molecule has 4 rings (SSSR count). The molecule has 3 heterocycles. The Morgan fingerprint density at radius 3 is 3.04 bits per heavy atom. The summed E-state index contributed by atoms with van der Waals surface area (Å²) in [5, 5.41) is 1.67. The van der Waals surface area contributed by atoms with E-state index >= 15 is 0 Å². The molecule has 3 nitrogen and oxygen atoms in total. The maximum Gasteiger partial charge on any atom is 0.186 e. The van der Waals surface area contributed by atoms with Gasteiger partial charge in [-0.25, -0.2) is 9.37 Å². The summed E-state index contributed by atoms with van der Waals surface area (Å²) in [6.45, 7) is 8.03. The maximum absolute atomic E-state index is 13.0. The van der Waals surface area contributed by atoms with Crippen molar-refractivity contribution in [3.63, 3.8) is 0 Å². The zero-order valence-corrected chi connectivity index (χ0v) is 15.6. The van der Waals surface area contributed by atoms with Crippen LogP contribution in [0.3, 0.4) is 0 Å². The van der Waals surface area contributed by atoms with Crippen LogP contribution in [0.4, 0.5) is 9.52 Å². The molecule has 2 saturated heterocycles. The number of aromatic nitrogens is 1. The number of fused-ring (bicyclic) bond motifs is 2. The fourth-order valence-corrected chi connectivity index (χ4v) is 5.26. The summed E-state index contributed by atoms with van der Waals surface area (Å²) in [6.07, 6.45) is 10.2. The van der Waals surface area contributed by atoms with Crippen molar-refractivity contribution in [2.24, 2.45) is 0 Å². The zero-order valence-electron chi connectivity index (χ0n) is 14.8. The fourth-order valence-electron chi connectivity index (χ4n) is 4.22. The van der Waals surface area contributed by atoms with Crippen LogP contribution < -0.4 is 14.8 Å². The highest BCUT2D eigenvalue weighted by molar-refractivity contribution is 7.13. The molecule has 1 unspecified atom stereocenters. The number of nitrogens with zero attached hydrogens (tertiary/aromatic N) is 2. The quantitative estimate of drug-likeness (QED) is 0.810. The number of rotatable bonds is 2. The lowest BCUT2D eigenvalue weighted by Gasteiger charge is -2.29. The first-order valence-electron chi connectivity index (χ1n) is 9.13. The van der Waals surface area contributed by atoms with Crippen molar-refractivity contribution in [2.75, 3.05) is 31.3 Å². The summed E-state index contributed by atoms with van der Waals surface area (Å²) in [6, 6.07) is 0. The van der Waals surface area contributed by atoms with E-state index in [1.165, 1.54) is 11.1 Å². The lowest BCUT2D eigenvalue weighted by atomic mass is 9.82. The average Bonchev–Trinajstić information content (AvgIpc) is 3.10. The van der Waals surface area contributed by atoms with E-state index in [0.717, 1.165) is 67.0 Å². The molecule has 134 valence electrons. The molecule has 1 atom stereocenters. The van der Waals surface area contributed by atoms with Gasteiger partial charge in [-0.3, -0.25) is 0 Å². The zero-order chi connectivity index (χ0) is 17.4. The van der Waals surface area contributed by atoms with Crippen molar-refractivity contribution in [3.8, 4) is 0 Å². The van der Waals surface area contributed by atoms with Gasteiger partial charge in [0.1, 0.15) is 6.67 Å². The summed E-state index contributed by atoms with van der Waals surface area (Å²) in [7, 11) is 0. The molecule has 1 aromatic heterocycles. The van der Waals surface area contributed by atoms with Gasteiger partial charge < -0.3 is 9.64 Å². The highest BCUT2D eigenvalue weighted by atomic mass is 32.1. The molecule has 0 saturated carbocycles. The number of anilines is 1. The lowest BCUT2D eigenvalue weighted by Crippen LogP contribution is -2.32. The number of hydrogen-bond donors (Lipinski definition) is 0. The van der Waals surface area contributed by atoms with Crippen LogP contribution in [0.5, 0.6) is 0 Å². The van der Waals surface area contributed by atoms with Gasteiger partial charge in [0.15, 0.2) is 5.13 Å². The van der Waals surface area contributed by atoms with Crippen molar-refractivity contribution in [2.45, 2.75) is 44.6 Å². The van der Waals surface area contributed by atoms with Gasteiger partial charge in [-0.1, -0.05) is 30.1 Å². The Balaban J connectivity index is 1.58. The third-order valence-corrected chi connectivity index (χ3v) is 6.91. The number of allylic oxidation sites excluding steroid dienone is 2. The van der Waals surface area contributed by atoms with Gasteiger partial charge in [0, 0.05) is 13.1 Å². The maximum atomic E-state index is 13.0. The number of alkyl halides is 1. The van der Waals surface area contributed by atoms with Crippen LogP contribution in [0.2, 0.25) is 0 Å². The van der Waals surface area contributed by atoms with Crippen LogP contribution in [0.25, 0.3) is 12.2 Å². The minimum atomic E-state index is -0.440. The minimum absolute atomic E-state index is 0.102.